The van der Waals surface area contributed by atoms with Crippen LogP contribution in [0.3, 0.4) is 0 Å². The van der Waals surface area contributed by atoms with Gasteiger partial charge in [-0.2, -0.15) is 0 Å². The van der Waals surface area contributed by atoms with E-state index < -0.39 is 5.60 Å². The Kier molecular flexibility index (Phi) is 6.80. The summed E-state index contributed by atoms with van der Waals surface area (Å²) in [5.41, 5.74) is 0.444. The molecule has 1 heterocycles. The third-order valence-corrected chi connectivity index (χ3v) is 5.00. The summed E-state index contributed by atoms with van der Waals surface area (Å²) in [4.78, 5) is 15.0. The van der Waals surface area contributed by atoms with Gasteiger partial charge in [-0.05, 0) is 58.8 Å². The van der Waals surface area contributed by atoms with E-state index >= 15 is 0 Å². The molecule has 0 spiro atoms. The Morgan fingerprint density at radius 3 is 2.42 bits per heavy atom. The van der Waals surface area contributed by atoms with Crippen molar-refractivity contribution in [3.8, 4) is 11.5 Å². The highest BCUT2D eigenvalue weighted by Gasteiger charge is 2.33. The Morgan fingerprint density at radius 1 is 1.27 bits per heavy atom. The van der Waals surface area contributed by atoms with Crippen molar-refractivity contribution in [2.45, 2.75) is 59.1 Å². The molecule has 0 N–H and O–H groups in total. The minimum atomic E-state index is -0.504. The molecule has 0 saturated heterocycles. The fraction of sp³-hybridized carbons (Fsp3) is 0.650. The highest BCUT2D eigenvalue weighted by molar-refractivity contribution is 6.31. The third-order valence-electron chi connectivity index (χ3n) is 4.65. The van der Waals surface area contributed by atoms with E-state index in [1.165, 1.54) is 0 Å². The number of carbonyl (C=O) groups excluding carboxylic acids is 1. The summed E-state index contributed by atoms with van der Waals surface area (Å²) in [6.45, 7) is 10.8. The highest BCUT2D eigenvalue weighted by Crippen LogP contribution is 2.38. The second-order valence-corrected chi connectivity index (χ2v) is 8.10. The van der Waals surface area contributed by atoms with Crippen molar-refractivity contribution in [3.05, 3.63) is 22.7 Å². The van der Waals surface area contributed by atoms with E-state index in [2.05, 4.69) is 11.8 Å². The second kappa shape index (κ2) is 8.49. The van der Waals surface area contributed by atoms with E-state index in [0.717, 1.165) is 12.1 Å². The molecule has 0 fully saturated rings. The quantitative estimate of drug-likeness (QED) is 0.657. The normalized spacial score (nSPS) is 15.8. The molecular formula is C20H30ClNO4. The molecule has 0 aliphatic carbocycles. The third kappa shape index (κ3) is 5.04. The van der Waals surface area contributed by atoms with Crippen LogP contribution in [0.25, 0.3) is 0 Å². The zero-order valence-corrected chi connectivity index (χ0v) is 17.4. The average Bonchev–Trinajstić information content (AvgIpc) is 2.99. The van der Waals surface area contributed by atoms with Gasteiger partial charge in [0.2, 0.25) is 6.79 Å². The Labute approximate surface area is 161 Å². The molecular weight excluding hydrogens is 354 g/mol. The molecule has 0 radical (unpaired) electrons. The SMILES string of the molecule is CCC(C(=O)OC(C)(C)C)C(Cc1cc2c(cc1Cl)OCO2)N(C)CC. The number of carbonyl (C=O) groups is 1. The molecule has 0 saturated carbocycles. The van der Waals surface area contributed by atoms with Gasteiger partial charge in [0.25, 0.3) is 0 Å². The lowest BCUT2D eigenvalue weighted by Crippen LogP contribution is -2.44. The van der Waals surface area contributed by atoms with Gasteiger partial charge >= 0.3 is 5.97 Å². The maximum Gasteiger partial charge on any atom is 0.311 e. The van der Waals surface area contributed by atoms with Crippen molar-refractivity contribution in [2.75, 3.05) is 20.4 Å². The average molecular weight is 384 g/mol. The van der Waals surface area contributed by atoms with Crippen LogP contribution in [0.15, 0.2) is 12.1 Å². The van der Waals surface area contributed by atoms with Crippen LogP contribution in [0.4, 0.5) is 0 Å². The number of nitrogens with zero attached hydrogens (tertiary/aromatic N) is 1. The number of halogens is 1. The number of likely N-dealkylation sites (N-methyl/N-ethyl adjacent to an activating group) is 1. The first-order valence-corrected chi connectivity index (χ1v) is 9.55. The van der Waals surface area contributed by atoms with Gasteiger partial charge in [0.05, 0.1) is 5.92 Å². The summed E-state index contributed by atoms with van der Waals surface area (Å²) in [7, 11) is 2.03. The van der Waals surface area contributed by atoms with Gasteiger partial charge in [0.15, 0.2) is 11.5 Å². The molecule has 0 bridgehead atoms. The highest BCUT2D eigenvalue weighted by atomic mass is 35.5. The van der Waals surface area contributed by atoms with Crippen molar-refractivity contribution in [1.29, 1.82) is 0 Å². The van der Waals surface area contributed by atoms with E-state index in [-0.39, 0.29) is 24.7 Å². The van der Waals surface area contributed by atoms with Crippen LogP contribution in [0.1, 0.15) is 46.6 Å². The van der Waals surface area contributed by atoms with E-state index in [0.29, 0.717) is 29.4 Å². The summed E-state index contributed by atoms with van der Waals surface area (Å²) in [6, 6.07) is 3.69. The number of hydrogen-bond donors (Lipinski definition) is 0. The van der Waals surface area contributed by atoms with Crippen molar-refractivity contribution >= 4 is 17.6 Å². The van der Waals surface area contributed by atoms with Gasteiger partial charge in [-0.25, -0.2) is 0 Å². The summed E-state index contributed by atoms with van der Waals surface area (Å²) in [5, 5.41) is 0.628. The summed E-state index contributed by atoms with van der Waals surface area (Å²) in [5.74, 6) is 0.966. The predicted molar refractivity (Wildman–Crippen MR) is 103 cm³/mol. The zero-order valence-electron chi connectivity index (χ0n) is 16.6. The van der Waals surface area contributed by atoms with E-state index in [1.807, 2.05) is 40.8 Å². The molecule has 0 amide bonds. The van der Waals surface area contributed by atoms with Crippen molar-refractivity contribution in [1.82, 2.24) is 4.90 Å². The van der Waals surface area contributed by atoms with E-state index in [4.69, 9.17) is 25.8 Å². The number of ether oxygens (including phenoxy) is 3. The summed E-state index contributed by atoms with van der Waals surface area (Å²) < 4.78 is 16.5. The first kappa shape index (κ1) is 20.8. The number of rotatable bonds is 7. The number of hydrogen-bond acceptors (Lipinski definition) is 5. The largest absolute Gasteiger partial charge is 0.460 e. The van der Waals surface area contributed by atoms with E-state index in [1.54, 1.807) is 6.07 Å². The van der Waals surface area contributed by atoms with Gasteiger partial charge in [-0.1, -0.05) is 25.4 Å². The van der Waals surface area contributed by atoms with Crippen LogP contribution in [-0.4, -0.2) is 42.9 Å². The van der Waals surface area contributed by atoms with Crippen LogP contribution in [0, 0.1) is 5.92 Å². The minimum Gasteiger partial charge on any atom is -0.460 e. The molecule has 1 aliphatic heterocycles. The molecule has 2 atom stereocenters. The second-order valence-electron chi connectivity index (χ2n) is 7.69. The fourth-order valence-electron chi connectivity index (χ4n) is 3.15. The maximum atomic E-state index is 12.8. The van der Waals surface area contributed by atoms with Gasteiger partial charge < -0.3 is 19.1 Å². The van der Waals surface area contributed by atoms with Crippen LogP contribution in [0.2, 0.25) is 5.02 Å². The number of fused-ring (bicyclic) bond motifs is 1. The molecule has 2 rings (SSSR count). The van der Waals surface area contributed by atoms with Gasteiger partial charge in [-0.15, -0.1) is 0 Å². The summed E-state index contributed by atoms with van der Waals surface area (Å²) in [6.07, 6.45) is 1.34. The van der Waals surface area contributed by atoms with Crippen LogP contribution in [0.5, 0.6) is 11.5 Å². The minimum absolute atomic E-state index is 0.0160. The molecule has 1 aliphatic rings. The molecule has 1 aromatic carbocycles. The standard InChI is InChI=1S/C20H30ClNO4/c1-7-14(19(23)26-20(3,4)5)16(22(6)8-2)9-13-10-17-18(11-15(13)21)25-12-24-17/h10-11,14,16H,7-9,12H2,1-6H3. The predicted octanol–water partition coefficient (Wildman–Crippen LogP) is 4.30. The fourth-order valence-corrected chi connectivity index (χ4v) is 3.38. The van der Waals surface area contributed by atoms with Gasteiger partial charge in [0, 0.05) is 17.1 Å². The Hall–Kier alpha value is -1.46. The Bertz CT molecular complexity index is 641. The zero-order chi connectivity index (χ0) is 19.5. The number of esters is 1. The molecule has 2 unspecified atom stereocenters. The molecule has 0 aromatic heterocycles. The number of benzene rings is 1. The summed E-state index contributed by atoms with van der Waals surface area (Å²) >= 11 is 6.46. The first-order chi connectivity index (χ1) is 12.2. The molecule has 6 heteroatoms. The Balaban J connectivity index is 2.28. The van der Waals surface area contributed by atoms with Gasteiger partial charge in [0.1, 0.15) is 5.60 Å². The molecule has 26 heavy (non-hydrogen) atoms. The Morgan fingerprint density at radius 2 is 1.88 bits per heavy atom. The topological polar surface area (TPSA) is 48.0 Å². The molecule has 5 nitrogen and oxygen atoms in total. The molecule has 146 valence electrons. The van der Waals surface area contributed by atoms with Crippen molar-refractivity contribution in [3.63, 3.8) is 0 Å². The molecule has 1 aromatic rings. The van der Waals surface area contributed by atoms with Gasteiger partial charge in [-0.3, -0.25) is 4.79 Å². The van der Waals surface area contributed by atoms with Crippen molar-refractivity contribution < 1.29 is 19.0 Å². The smallest absolute Gasteiger partial charge is 0.311 e. The van der Waals surface area contributed by atoms with E-state index in [9.17, 15) is 4.79 Å². The maximum absolute atomic E-state index is 12.8. The van der Waals surface area contributed by atoms with Crippen LogP contribution >= 0.6 is 11.6 Å². The van der Waals surface area contributed by atoms with Crippen LogP contribution < -0.4 is 9.47 Å². The lowest BCUT2D eigenvalue weighted by molar-refractivity contribution is -0.162. The lowest BCUT2D eigenvalue weighted by Gasteiger charge is -2.34. The lowest BCUT2D eigenvalue weighted by atomic mass is 9.89. The van der Waals surface area contributed by atoms with Crippen LogP contribution in [-0.2, 0) is 16.0 Å². The monoisotopic (exact) mass is 383 g/mol. The first-order valence-electron chi connectivity index (χ1n) is 9.17. The van der Waals surface area contributed by atoms with Crippen molar-refractivity contribution in [2.24, 2.45) is 5.92 Å².